The zero-order chi connectivity index (χ0) is 20.6. The summed E-state index contributed by atoms with van der Waals surface area (Å²) >= 11 is 2.25. The number of nitrogens with one attached hydrogen (secondary N) is 2. The Labute approximate surface area is 177 Å². The van der Waals surface area contributed by atoms with Crippen LogP contribution in [0.25, 0.3) is 11.2 Å². The number of anilines is 2. The molecule has 0 spiro atoms. The lowest BCUT2D eigenvalue weighted by Crippen LogP contribution is -2.36. The lowest BCUT2D eigenvalue weighted by molar-refractivity contribution is -0.118. The Balaban J connectivity index is 2.06. The molecule has 3 rings (SSSR count). The molecule has 0 bridgehead atoms. The van der Waals surface area contributed by atoms with Crippen LogP contribution in [0.4, 0.5) is 16.2 Å². The number of aromatic nitrogens is 4. The van der Waals surface area contributed by atoms with Crippen molar-refractivity contribution in [3.05, 3.63) is 6.33 Å². The predicted octanol–water partition coefficient (Wildman–Crippen LogP) is 3.55. The number of rotatable bonds is 6. The first-order chi connectivity index (χ1) is 13.3. The van der Waals surface area contributed by atoms with E-state index in [9.17, 15) is 4.79 Å². The number of carbonyl (C=O) groups is 1. The van der Waals surface area contributed by atoms with Crippen LogP contribution in [0.1, 0.15) is 40.3 Å². The molecule has 0 aromatic carbocycles. The minimum Gasteiger partial charge on any atom is -0.371 e. The van der Waals surface area contributed by atoms with Gasteiger partial charge in [0, 0.05) is 23.3 Å². The minimum atomic E-state index is -1.20. The van der Waals surface area contributed by atoms with Crippen LogP contribution in [0.15, 0.2) is 6.33 Å². The molecule has 2 N–H and O–H groups in total. The van der Waals surface area contributed by atoms with Gasteiger partial charge in [0.05, 0.1) is 11.9 Å². The zero-order valence-electron chi connectivity index (χ0n) is 16.7. The van der Waals surface area contributed by atoms with E-state index in [-0.39, 0.29) is 23.7 Å². The predicted molar refractivity (Wildman–Crippen MR) is 114 cm³/mol. The number of alkyl halides is 2. The molecule has 10 heteroatoms. The SMILES string of the molecule is CC[C@@]1(CI)O[C@@H](n2cnc3c(NC)nc(NC(=O)C(C)C)nc32)[C@@H](F)[C@@H]1C. The van der Waals surface area contributed by atoms with E-state index in [0.29, 0.717) is 27.8 Å². The van der Waals surface area contributed by atoms with Crippen molar-refractivity contribution in [3.8, 4) is 0 Å². The van der Waals surface area contributed by atoms with Crippen molar-refractivity contribution in [2.24, 2.45) is 11.8 Å². The maximum Gasteiger partial charge on any atom is 0.233 e. The highest BCUT2D eigenvalue weighted by atomic mass is 127. The molecule has 2 aromatic heterocycles. The molecule has 0 unspecified atom stereocenters. The Bertz CT molecular complexity index is 869. The van der Waals surface area contributed by atoms with Gasteiger partial charge in [-0.05, 0) is 6.42 Å². The van der Waals surface area contributed by atoms with E-state index in [1.54, 1.807) is 25.5 Å². The summed E-state index contributed by atoms with van der Waals surface area (Å²) in [5.41, 5.74) is 0.380. The quantitative estimate of drug-likeness (QED) is 0.462. The van der Waals surface area contributed by atoms with E-state index >= 15 is 4.39 Å². The van der Waals surface area contributed by atoms with Crippen LogP contribution in [0.3, 0.4) is 0 Å². The molecule has 2 aromatic rings. The van der Waals surface area contributed by atoms with Gasteiger partial charge >= 0.3 is 0 Å². The maximum absolute atomic E-state index is 15.2. The molecular weight excluding hydrogens is 478 g/mol. The number of fused-ring (bicyclic) bond motifs is 1. The summed E-state index contributed by atoms with van der Waals surface area (Å²) in [6.07, 6.45) is 0.210. The fourth-order valence-electron chi connectivity index (χ4n) is 3.40. The van der Waals surface area contributed by atoms with Crippen LogP contribution in [0.2, 0.25) is 0 Å². The second-order valence-corrected chi connectivity index (χ2v) is 8.17. The monoisotopic (exact) mass is 504 g/mol. The van der Waals surface area contributed by atoms with Gasteiger partial charge in [-0.25, -0.2) is 9.37 Å². The van der Waals surface area contributed by atoms with Gasteiger partial charge in [0.25, 0.3) is 0 Å². The third-order valence-corrected chi connectivity index (χ3v) is 6.74. The van der Waals surface area contributed by atoms with Gasteiger partial charge in [-0.1, -0.05) is 50.3 Å². The second-order valence-electron chi connectivity index (χ2n) is 7.41. The summed E-state index contributed by atoms with van der Waals surface area (Å²) in [5, 5.41) is 5.66. The van der Waals surface area contributed by atoms with Gasteiger partial charge in [0.15, 0.2) is 29.4 Å². The smallest absolute Gasteiger partial charge is 0.233 e. The van der Waals surface area contributed by atoms with Crippen molar-refractivity contribution >= 4 is 51.4 Å². The molecule has 0 saturated carbocycles. The van der Waals surface area contributed by atoms with Crippen LogP contribution in [0, 0.1) is 11.8 Å². The number of hydrogen-bond acceptors (Lipinski definition) is 6. The number of nitrogens with zero attached hydrogens (tertiary/aromatic N) is 4. The van der Waals surface area contributed by atoms with Gasteiger partial charge in [-0.2, -0.15) is 9.97 Å². The molecule has 1 aliphatic rings. The van der Waals surface area contributed by atoms with E-state index in [1.165, 1.54) is 6.33 Å². The fourth-order valence-corrected chi connectivity index (χ4v) is 4.81. The number of imidazole rings is 1. The first kappa shape index (κ1) is 21.2. The van der Waals surface area contributed by atoms with Gasteiger partial charge < -0.3 is 10.1 Å². The number of halogens is 2. The highest BCUT2D eigenvalue weighted by molar-refractivity contribution is 14.1. The van der Waals surface area contributed by atoms with Crippen molar-refractivity contribution in [3.63, 3.8) is 0 Å². The minimum absolute atomic E-state index is 0.148. The molecule has 1 amide bonds. The number of ether oxygens (including phenoxy) is 1. The molecule has 3 heterocycles. The van der Waals surface area contributed by atoms with Crippen LogP contribution in [-0.4, -0.2) is 48.7 Å². The molecule has 1 aliphatic heterocycles. The Morgan fingerprint density at radius 2 is 2.18 bits per heavy atom. The van der Waals surface area contributed by atoms with E-state index in [2.05, 4.69) is 48.2 Å². The molecule has 4 atom stereocenters. The van der Waals surface area contributed by atoms with Crippen molar-refractivity contribution in [1.29, 1.82) is 0 Å². The summed E-state index contributed by atoms with van der Waals surface area (Å²) in [6.45, 7) is 7.46. The van der Waals surface area contributed by atoms with Crippen LogP contribution < -0.4 is 10.6 Å². The molecule has 28 heavy (non-hydrogen) atoms. The van der Waals surface area contributed by atoms with Gasteiger partial charge in [-0.15, -0.1) is 0 Å². The fraction of sp³-hybridized carbons (Fsp3) is 0.667. The topological polar surface area (TPSA) is 94.0 Å². The third-order valence-electron chi connectivity index (χ3n) is 5.45. The second kappa shape index (κ2) is 8.05. The molecule has 8 nitrogen and oxygen atoms in total. The Kier molecular flexibility index (Phi) is 6.08. The molecule has 154 valence electrons. The highest BCUT2D eigenvalue weighted by Gasteiger charge is 2.52. The molecule has 0 radical (unpaired) electrons. The molecule has 1 saturated heterocycles. The molecule has 0 aliphatic carbocycles. The van der Waals surface area contributed by atoms with Gasteiger partial charge in [-0.3, -0.25) is 14.7 Å². The zero-order valence-corrected chi connectivity index (χ0v) is 18.8. The van der Waals surface area contributed by atoms with E-state index in [4.69, 9.17) is 4.74 Å². The van der Waals surface area contributed by atoms with Crippen LogP contribution in [-0.2, 0) is 9.53 Å². The number of hydrogen-bond donors (Lipinski definition) is 2. The van der Waals surface area contributed by atoms with E-state index < -0.39 is 18.0 Å². The van der Waals surface area contributed by atoms with Crippen molar-refractivity contribution in [2.75, 3.05) is 22.1 Å². The Morgan fingerprint density at radius 3 is 2.71 bits per heavy atom. The number of amides is 1. The van der Waals surface area contributed by atoms with Crippen molar-refractivity contribution < 1.29 is 13.9 Å². The average molecular weight is 504 g/mol. The normalized spacial score (nSPS) is 27.5. The van der Waals surface area contributed by atoms with E-state index in [0.717, 1.165) is 0 Å². The largest absolute Gasteiger partial charge is 0.371 e. The van der Waals surface area contributed by atoms with Gasteiger partial charge in [0.2, 0.25) is 11.9 Å². The maximum atomic E-state index is 15.2. The Hall–Kier alpha value is -1.56. The van der Waals surface area contributed by atoms with Crippen LogP contribution >= 0.6 is 22.6 Å². The number of carbonyl (C=O) groups excluding carboxylic acids is 1. The lowest BCUT2D eigenvalue weighted by atomic mass is 9.87. The van der Waals surface area contributed by atoms with Crippen LogP contribution in [0.5, 0.6) is 0 Å². The average Bonchev–Trinajstić information content (AvgIpc) is 3.21. The lowest BCUT2D eigenvalue weighted by Gasteiger charge is -2.29. The summed E-state index contributed by atoms with van der Waals surface area (Å²) in [4.78, 5) is 25.2. The summed E-state index contributed by atoms with van der Waals surface area (Å²) < 4.78 is 23.8. The Morgan fingerprint density at radius 1 is 1.46 bits per heavy atom. The van der Waals surface area contributed by atoms with Crippen molar-refractivity contribution in [1.82, 2.24) is 19.5 Å². The summed E-state index contributed by atoms with van der Waals surface area (Å²) in [6, 6.07) is 0. The van der Waals surface area contributed by atoms with Crippen molar-refractivity contribution in [2.45, 2.75) is 52.1 Å². The third kappa shape index (κ3) is 3.44. The van der Waals surface area contributed by atoms with E-state index in [1.807, 2.05) is 13.8 Å². The standard InChI is InChI=1S/C18H26FIN6O2/c1-6-18(7-20)10(4)11(19)16(28-18)26-8-22-12-13(21-5)23-17(24-14(12)26)25-15(27)9(2)3/h8-11,16H,6-7H2,1-5H3,(H2,21,23,24,25,27)/t10-,11-,16+,18-/m0/s1. The first-order valence-electron chi connectivity index (χ1n) is 9.39. The van der Waals surface area contributed by atoms with Gasteiger partial charge in [0.1, 0.15) is 0 Å². The molecule has 1 fully saturated rings. The summed E-state index contributed by atoms with van der Waals surface area (Å²) in [5.74, 6) is -0.0707. The summed E-state index contributed by atoms with van der Waals surface area (Å²) in [7, 11) is 1.71. The molecular formula is C18H26FIN6O2. The highest BCUT2D eigenvalue weighted by Crippen LogP contribution is 2.46. The first-order valence-corrected chi connectivity index (χ1v) is 10.9.